The molecule has 176 valence electrons. The Hall–Kier alpha value is -3.39. The van der Waals surface area contributed by atoms with Crippen LogP contribution in [0.2, 0.25) is 0 Å². The van der Waals surface area contributed by atoms with Crippen molar-refractivity contribution in [2.75, 3.05) is 19.1 Å². The van der Waals surface area contributed by atoms with Gasteiger partial charge in [0.25, 0.3) is 5.91 Å². The van der Waals surface area contributed by atoms with E-state index in [1.54, 1.807) is 43.4 Å². The average molecular weight is 479 g/mol. The number of amides is 1. The zero-order valence-corrected chi connectivity index (χ0v) is 19.9. The first-order chi connectivity index (χ1) is 16.5. The number of carbonyl (C=O) groups is 2. The molecule has 1 aliphatic heterocycles. The zero-order valence-electron chi connectivity index (χ0n) is 19.1. The zero-order chi connectivity index (χ0) is 23.8. The molecule has 3 aromatic rings. The molecule has 2 aliphatic rings. The van der Waals surface area contributed by atoms with Gasteiger partial charge >= 0.3 is 0 Å². The van der Waals surface area contributed by atoms with E-state index in [1.165, 1.54) is 11.3 Å². The van der Waals surface area contributed by atoms with Crippen LogP contribution in [0.5, 0.6) is 11.5 Å². The van der Waals surface area contributed by atoms with Crippen LogP contribution in [-0.2, 0) is 4.79 Å². The number of ketones is 1. The van der Waals surface area contributed by atoms with E-state index in [4.69, 9.17) is 14.5 Å². The molecule has 1 aromatic heterocycles. The number of ether oxygens (including phenoxy) is 2. The quantitative estimate of drug-likeness (QED) is 0.484. The summed E-state index contributed by atoms with van der Waals surface area (Å²) in [7, 11) is 3.15. The molecule has 1 atom stereocenters. The Balaban J connectivity index is 1.58. The van der Waals surface area contributed by atoms with Gasteiger partial charge in [0.2, 0.25) is 0 Å². The minimum absolute atomic E-state index is 0.0705. The molecule has 0 spiro atoms. The maximum atomic E-state index is 13.6. The molecule has 2 aromatic carbocycles. The Morgan fingerprint density at radius 3 is 2.38 bits per heavy atom. The Bertz CT molecular complexity index is 1270. The van der Waals surface area contributed by atoms with E-state index in [0.29, 0.717) is 27.7 Å². The molecule has 1 aliphatic carbocycles. The van der Waals surface area contributed by atoms with Crippen LogP contribution in [0.25, 0.3) is 10.2 Å². The molecule has 1 saturated carbocycles. The fourth-order valence-electron chi connectivity index (χ4n) is 4.99. The number of rotatable bonds is 6. The summed E-state index contributed by atoms with van der Waals surface area (Å²) in [5.74, 6) is -0.00739. The minimum Gasteiger partial charge on any atom is -0.503 e. The van der Waals surface area contributed by atoms with Crippen molar-refractivity contribution in [3.05, 3.63) is 59.4 Å². The number of methoxy groups -OCH3 is 2. The van der Waals surface area contributed by atoms with Crippen molar-refractivity contribution in [1.29, 1.82) is 0 Å². The number of aliphatic hydroxyl groups is 1. The van der Waals surface area contributed by atoms with Crippen molar-refractivity contribution >= 4 is 38.4 Å². The van der Waals surface area contributed by atoms with Gasteiger partial charge in [0.05, 0.1) is 36.1 Å². The molecular formula is C26H26N2O5S. The maximum Gasteiger partial charge on any atom is 0.296 e. The molecule has 0 bridgehead atoms. The molecule has 0 saturated heterocycles. The van der Waals surface area contributed by atoms with Gasteiger partial charge in [-0.25, -0.2) is 4.98 Å². The lowest BCUT2D eigenvalue weighted by molar-refractivity contribution is -0.117. The SMILES string of the molecule is COc1ccc(C(=O)C2=C(O)C(=O)N(c3nc4cc(OC)ccc4s3)C2C2CCCCC2)cc1. The second-order valence-electron chi connectivity index (χ2n) is 8.67. The van der Waals surface area contributed by atoms with Crippen LogP contribution in [0.1, 0.15) is 42.5 Å². The Morgan fingerprint density at radius 1 is 1.03 bits per heavy atom. The molecule has 1 amide bonds. The molecule has 1 fully saturated rings. The Kier molecular flexibility index (Phi) is 6.00. The van der Waals surface area contributed by atoms with Gasteiger partial charge in [0, 0.05) is 11.6 Å². The van der Waals surface area contributed by atoms with Gasteiger partial charge in [0.15, 0.2) is 16.7 Å². The molecule has 2 heterocycles. The second-order valence-corrected chi connectivity index (χ2v) is 9.68. The molecule has 7 nitrogen and oxygen atoms in total. The number of aliphatic hydroxyl groups excluding tert-OH is 1. The highest BCUT2D eigenvalue weighted by Gasteiger charge is 2.48. The number of carbonyl (C=O) groups excluding carboxylic acids is 2. The number of Topliss-reactive ketones (excluding diaryl/α,β-unsaturated/α-hetero) is 1. The van der Waals surface area contributed by atoms with Crippen LogP contribution in [0.3, 0.4) is 0 Å². The van der Waals surface area contributed by atoms with Gasteiger partial charge < -0.3 is 14.6 Å². The summed E-state index contributed by atoms with van der Waals surface area (Å²) in [6.45, 7) is 0. The van der Waals surface area contributed by atoms with Crippen molar-refractivity contribution in [3.63, 3.8) is 0 Å². The van der Waals surface area contributed by atoms with E-state index >= 15 is 0 Å². The number of aromatic nitrogens is 1. The van der Waals surface area contributed by atoms with Crippen LogP contribution >= 0.6 is 11.3 Å². The van der Waals surface area contributed by atoms with Crippen LogP contribution in [0.4, 0.5) is 5.13 Å². The molecule has 34 heavy (non-hydrogen) atoms. The molecule has 1 N–H and O–H groups in total. The van der Waals surface area contributed by atoms with E-state index in [9.17, 15) is 14.7 Å². The van der Waals surface area contributed by atoms with Gasteiger partial charge in [0.1, 0.15) is 11.5 Å². The summed E-state index contributed by atoms with van der Waals surface area (Å²) >= 11 is 1.37. The topological polar surface area (TPSA) is 89.0 Å². The predicted octanol–water partition coefficient (Wildman–Crippen LogP) is 5.30. The number of hydrogen-bond acceptors (Lipinski definition) is 7. The standard InChI is InChI=1S/C26H26N2O5S/c1-32-17-10-8-16(9-11-17)23(29)21-22(15-6-4-3-5-7-15)28(25(31)24(21)30)26-27-19-14-18(33-2)12-13-20(19)34-26/h8-15,22,30H,3-7H2,1-2H3. The van der Waals surface area contributed by atoms with Crippen LogP contribution < -0.4 is 14.4 Å². The number of thiazole rings is 1. The monoisotopic (exact) mass is 478 g/mol. The number of hydrogen-bond donors (Lipinski definition) is 1. The van der Waals surface area contributed by atoms with Crippen LogP contribution in [0.15, 0.2) is 53.8 Å². The summed E-state index contributed by atoms with van der Waals surface area (Å²) < 4.78 is 11.4. The summed E-state index contributed by atoms with van der Waals surface area (Å²) in [5, 5.41) is 11.5. The Morgan fingerprint density at radius 2 is 1.71 bits per heavy atom. The lowest BCUT2D eigenvalue weighted by atomic mass is 9.79. The minimum atomic E-state index is -0.571. The normalized spacial score (nSPS) is 19.2. The summed E-state index contributed by atoms with van der Waals surface area (Å²) in [5.41, 5.74) is 1.29. The number of fused-ring (bicyclic) bond motifs is 1. The highest BCUT2D eigenvalue weighted by molar-refractivity contribution is 7.22. The highest BCUT2D eigenvalue weighted by atomic mass is 32.1. The van der Waals surface area contributed by atoms with Crippen molar-refractivity contribution in [2.24, 2.45) is 5.92 Å². The largest absolute Gasteiger partial charge is 0.503 e. The van der Waals surface area contributed by atoms with E-state index in [2.05, 4.69) is 0 Å². The third-order valence-corrected chi connectivity index (χ3v) is 7.77. The van der Waals surface area contributed by atoms with Crippen molar-refractivity contribution in [2.45, 2.75) is 38.1 Å². The molecule has 1 unspecified atom stereocenters. The fourth-order valence-corrected chi connectivity index (χ4v) is 5.97. The third-order valence-electron chi connectivity index (χ3n) is 6.73. The maximum absolute atomic E-state index is 13.6. The third kappa shape index (κ3) is 3.81. The molecular weight excluding hydrogens is 452 g/mol. The lowest BCUT2D eigenvalue weighted by Gasteiger charge is -2.33. The smallest absolute Gasteiger partial charge is 0.296 e. The van der Waals surface area contributed by atoms with Gasteiger partial charge in [-0.3, -0.25) is 14.5 Å². The van der Waals surface area contributed by atoms with Gasteiger partial charge in [-0.05, 0) is 55.2 Å². The van der Waals surface area contributed by atoms with E-state index < -0.39 is 17.7 Å². The van der Waals surface area contributed by atoms with Crippen molar-refractivity contribution < 1.29 is 24.2 Å². The summed E-state index contributed by atoms with van der Waals surface area (Å²) in [6, 6.07) is 11.8. The van der Waals surface area contributed by atoms with Gasteiger partial charge in [-0.1, -0.05) is 30.6 Å². The summed E-state index contributed by atoms with van der Waals surface area (Å²) in [6.07, 6.45) is 4.98. The first-order valence-electron chi connectivity index (χ1n) is 11.4. The number of nitrogens with zero attached hydrogens (tertiary/aromatic N) is 2. The molecule has 0 radical (unpaired) electrons. The lowest BCUT2D eigenvalue weighted by Crippen LogP contribution is -2.42. The van der Waals surface area contributed by atoms with Crippen molar-refractivity contribution in [3.8, 4) is 11.5 Å². The second kappa shape index (κ2) is 9.10. The Labute approximate surface area is 201 Å². The molecule has 8 heteroatoms. The summed E-state index contributed by atoms with van der Waals surface area (Å²) in [4.78, 5) is 33.3. The predicted molar refractivity (Wildman–Crippen MR) is 131 cm³/mol. The number of anilines is 1. The van der Waals surface area contributed by atoms with Gasteiger partial charge in [-0.15, -0.1) is 0 Å². The van der Waals surface area contributed by atoms with E-state index in [1.807, 2.05) is 18.2 Å². The fraction of sp³-hybridized carbons (Fsp3) is 0.346. The van der Waals surface area contributed by atoms with Crippen LogP contribution in [0, 0.1) is 5.92 Å². The number of benzene rings is 2. The van der Waals surface area contributed by atoms with E-state index in [0.717, 1.165) is 36.8 Å². The highest BCUT2D eigenvalue weighted by Crippen LogP contribution is 2.43. The first-order valence-corrected chi connectivity index (χ1v) is 12.2. The average Bonchev–Trinajstić information content (AvgIpc) is 3.41. The first kappa shape index (κ1) is 22.4. The molecule has 5 rings (SSSR count). The van der Waals surface area contributed by atoms with Crippen molar-refractivity contribution in [1.82, 2.24) is 4.98 Å². The van der Waals surface area contributed by atoms with Gasteiger partial charge in [-0.2, -0.15) is 0 Å². The van der Waals surface area contributed by atoms with E-state index in [-0.39, 0.29) is 17.3 Å². The van der Waals surface area contributed by atoms with Crippen LogP contribution in [-0.4, -0.2) is 42.0 Å².